The molecule has 1 aliphatic rings. The lowest BCUT2D eigenvalue weighted by Crippen LogP contribution is -2.24. The molecule has 0 spiro atoms. The van der Waals surface area contributed by atoms with Gasteiger partial charge in [0.15, 0.2) is 0 Å². The van der Waals surface area contributed by atoms with Gasteiger partial charge in [0.05, 0.1) is 0 Å². The number of ether oxygens (including phenoxy) is 1. The molecule has 0 bridgehead atoms. The maximum atomic E-state index is 12.5. The van der Waals surface area contributed by atoms with E-state index in [1.165, 1.54) is 6.42 Å². The van der Waals surface area contributed by atoms with Gasteiger partial charge in [0, 0.05) is 29.4 Å². The minimum Gasteiger partial charge on any atom is -0.492 e. The first-order valence-electron chi connectivity index (χ1n) is 9.81. The van der Waals surface area contributed by atoms with E-state index in [4.69, 9.17) is 10.5 Å². The molecule has 2 aromatic rings. The minimum absolute atomic E-state index is 0. The molecule has 6 nitrogen and oxygen atoms in total. The predicted molar refractivity (Wildman–Crippen MR) is 118 cm³/mol. The summed E-state index contributed by atoms with van der Waals surface area (Å²) in [6, 6.07) is 14.1. The molecule has 1 saturated carbocycles. The van der Waals surface area contributed by atoms with E-state index in [1.807, 2.05) is 0 Å². The molecule has 0 aromatic heterocycles. The van der Waals surface area contributed by atoms with Gasteiger partial charge in [-0.15, -0.1) is 12.4 Å². The number of amides is 2. The number of carbonyl (C=O) groups excluding carboxylic acids is 2. The van der Waals surface area contributed by atoms with Crippen molar-refractivity contribution < 1.29 is 14.3 Å². The number of benzene rings is 2. The average molecular weight is 418 g/mol. The number of halogens is 1. The van der Waals surface area contributed by atoms with Gasteiger partial charge in [-0.05, 0) is 55.3 Å². The van der Waals surface area contributed by atoms with Crippen LogP contribution in [0.3, 0.4) is 0 Å². The normalized spacial score (nSPS) is 13.8. The van der Waals surface area contributed by atoms with E-state index in [0.29, 0.717) is 35.8 Å². The van der Waals surface area contributed by atoms with Crippen molar-refractivity contribution >= 4 is 35.6 Å². The maximum Gasteiger partial charge on any atom is 0.255 e. The van der Waals surface area contributed by atoms with Crippen LogP contribution >= 0.6 is 12.4 Å². The van der Waals surface area contributed by atoms with E-state index >= 15 is 0 Å². The van der Waals surface area contributed by atoms with Crippen LogP contribution in [0.15, 0.2) is 48.5 Å². The predicted octanol–water partition coefficient (Wildman–Crippen LogP) is 4.22. The highest BCUT2D eigenvalue weighted by atomic mass is 35.5. The van der Waals surface area contributed by atoms with E-state index in [1.54, 1.807) is 48.5 Å². The zero-order valence-corrected chi connectivity index (χ0v) is 17.2. The van der Waals surface area contributed by atoms with Gasteiger partial charge in [-0.3, -0.25) is 9.59 Å². The van der Waals surface area contributed by atoms with Crippen LogP contribution in [-0.2, 0) is 4.79 Å². The van der Waals surface area contributed by atoms with Crippen LogP contribution in [0.4, 0.5) is 11.4 Å². The Morgan fingerprint density at radius 3 is 2.38 bits per heavy atom. The second-order valence-corrected chi connectivity index (χ2v) is 7.02. The Kier molecular flexibility index (Phi) is 8.96. The Hall–Kier alpha value is -2.57. The molecule has 4 N–H and O–H groups in total. The van der Waals surface area contributed by atoms with Gasteiger partial charge in [0.25, 0.3) is 5.91 Å². The van der Waals surface area contributed by atoms with Crippen molar-refractivity contribution in [3.63, 3.8) is 0 Å². The molecule has 0 radical (unpaired) electrons. The summed E-state index contributed by atoms with van der Waals surface area (Å²) in [6.07, 6.45) is 5.31. The van der Waals surface area contributed by atoms with Crippen LogP contribution in [-0.4, -0.2) is 25.0 Å². The molecule has 7 heteroatoms. The summed E-state index contributed by atoms with van der Waals surface area (Å²) in [4.78, 5) is 25.0. The summed E-state index contributed by atoms with van der Waals surface area (Å²) in [6.45, 7) is 0.900. The molecular weight excluding hydrogens is 390 g/mol. The summed E-state index contributed by atoms with van der Waals surface area (Å²) < 4.78 is 5.42. The number of nitrogens with two attached hydrogens (primary N) is 1. The highest BCUT2D eigenvalue weighted by molar-refractivity contribution is 6.05. The van der Waals surface area contributed by atoms with Crippen LogP contribution in [0, 0.1) is 5.92 Å². The fourth-order valence-electron chi connectivity index (χ4n) is 3.36. The van der Waals surface area contributed by atoms with E-state index in [9.17, 15) is 9.59 Å². The molecule has 0 atom stereocenters. The van der Waals surface area contributed by atoms with Crippen LogP contribution in [0.2, 0.25) is 0 Å². The van der Waals surface area contributed by atoms with Gasteiger partial charge >= 0.3 is 0 Å². The van der Waals surface area contributed by atoms with Crippen LogP contribution in [0.1, 0.15) is 42.5 Å². The van der Waals surface area contributed by atoms with E-state index in [0.717, 1.165) is 25.7 Å². The maximum absolute atomic E-state index is 12.5. The molecule has 0 unspecified atom stereocenters. The van der Waals surface area contributed by atoms with Crippen molar-refractivity contribution in [3.8, 4) is 5.75 Å². The molecule has 2 amide bonds. The number of rotatable bonds is 7. The number of nitrogens with one attached hydrogen (secondary N) is 2. The SMILES string of the molecule is Cl.NCCOc1ccc(NC(=O)c2cccc(NC(=O)C3CCCCC3)c2)cc1. The number of hydrogen-bond donors (Lipinski definition) is 3. The summed E-state index contributed by atoms with van der Waals surface area (Å²) >= 11 is 0. The lowest BCUT2D eigenvalue weighted by molar-refractivity contribution is -0.120. The molecule has 0 aliphatic heterocycles. The third-order valence-corrected chi connectivity index (χ3v) is 4.87. The highest BCUT2D eigenvalue weighted by Gasteiger charge is 2.21. The Balaban J connectivity index is 0.00000300. The fraction of sp³-hybridized carbons (Fsp3) is 0.364. The summed E-state index contributed by atoms with van der Waals surface area (Å²) in [5.41, 5.74) is 7.22. The molecule has 1 aliphatic carbocycles. The van der Waals surface area contributed by atoms with Crippen LogP contribution in [0.25, 0.3) is 0 Å². The van der Waals surface area contributed by atoms with Gasteiger partial charge in [0.1, 0.15) is 12.4 Å². The first kappa shape index (κ1) is 22.7. The van der Waals surface area contributed by atoms with Gasteiger partial charge in [-0.2, -0.15) is 0 Å². The summed E-state index contributed by atoms with van der Waals surface area (Å²) in [7, 11) is 0. The van der Waals surface area contributed by atoms with Crippen molar-refractivity contribution in [1.82, 2.24) is 0 Å². The minimum atomic E-state index is -0.232. The zero-order chi connectivity index (χ0) is 19.8. The quantitative estimate of drug-likeness (QED) is 0.628. The van der Waals surface area contributed by atoms with E-state index in [2.05, 4.69) is 10.6 Å². The van der Waals surface area contributed by atoms with Crippen molar-refractivity contribution in [3.05, 3.63) is 54.1 Å². The second-order valence-electron chi connectivity index (χ2n) is 7.02. The molecule has 0 saturated heterocycles. The Morgan fingerprint density at radius 1 is 0.966 bits per heavy atom. The first-order chi connectivity index (χ1) is 13.7. The van der Waals surface area contributed by atoms with Gasteiger partial charge in [0.2, 0.25) is 5.91 Å². The summed E-state index contributed by atoms with van der Waals surface area (Å²) in [5.74, 6) is 0.594. The number of hydrogen-bond acceptors (Lipinski definition) is 4. The lowest BCUT2D eigenvalue weighted by atomic mass is 9.88. The molecule has 0 heterocycles. The zero-order valence-electron chi connectivity index (χ0n) is 16.4. The highest BCUT2D eigenvalue weighted by Crippen LogP contribution is 2.25. The molecule has 156 valence electrons. The Bertz CT molecular complexity index is 805. The third kappa shape index (κ3) is 6.76. The van der Waals surface area contributed by atoms with Crippen molar-refractivity contribution in [1.29, 1.82) is 0 Å². The van der Waals surface area contributed by atoms with Gasteiger partial charge in [-0.25, -0.2) is 0 Å². The first-order valence-corrected chi connectivity index (χ1v) is 9.81. The molecule has 1 fully saturated rings. The largest absolute Gasteiger partial charge is 0.492 e. The number of anilines is 2. The second kappa shape index (κ2) is 11.4. The van der Waals surface area contributed by atoms with E-state index < -0.39 is 0 Å². The molecular formula is C22H28ClN3O3. The number of carbonyl (C=O) groups is 2. The fourth-order valence-corrected chi connectivity index (χ4v) is 3.36. The standard InChI is InChI=1S/C22H27N3O3.ClH/c23-13-14-28-20-11-9-18(10-12-20)24-22(27)17-7-4-8-19(15-17)25-21(26)16-5-2-1-3-6-16;/h4,7-12,15-16H,1-3,5-6,13-14,23H2,(H,24,27)(H,25,26);1H. The lowest BCUT2D eigenvalue weighted by Gasteiger charge is -2.20. The average Bonchev–Trinajstić information content (AvgIpc) is 2.74. The van der Waals surface area contributed by atoms with Crippen molar-refractivity contribution in [2.75, 3.05) is 23.8 Å². The van der Waals surface area contributed by atoms with Crippen molar-refractivity contribution in [2.45, 2.75) is 32.1 Å². The Labute approximate surface area is 177 Å². The van der Waals surface area contributed by atoms with Crippen LogP contribution in [0.5, 0.6) is 5.75 Å². The monoisotopic (exact) mass is 417 g/mol. The molecule has 3 rings (SSSR count). The molecule has 2 aromatic carbocycles. The smallest absolute Gasteiger partial charge is 0.255 e. The topological polar surface area (TPSA) is 93.4 Å². The third-order valence-electron chi connectivity index (χ3n) is 4.87. The summed E-state index contributed by atoms with van der Waals surface area (Å²) in [5, 5.41) is 5.81. The van der Waals surface area contributed by atoms with E-state index in [-0.39, 0.29) is 30.1 Å². The van der Waals surface area contributed by atoms with Crippen molar-refractivity contribution in [2.24, 2.45) is 11.7 Å². The molecule has 29 heavy (non-hydrogen) atoms. The Morgan fingerprint density at radius 2 is 1.69 bits per heavy atom. The van der Waals surface area contributed by atoms with Gasteiger partial charge in [-0.1, -0.05) is 25.3 Å². The van der Waals surface area contributed by atoms with Crippen LogP contribution < -0.4 is 21.1 Å². The van der Waals surface area contributed by atoms with Gasteiger partial charge < -0.3 is 21.1 Å².